The Morgan fingerprint density at radius 3 is 2.52 bits per heavy atom. The van der Waals surface area contributed by atoms with Crippen molar-refractivity contribution in [3.05, 3.63) is 52.4 Å². The van der Waals surface area contributed by atoms with E-state index in [1.165, 1.54) is 15.6 Å². The van der Waals surface area contributed by atoms with Crippen molar-refractivity contribution in [2.75, 3.05) is 26.7 Å². The van der Waals surface area contributed by atoms with E-state index >= 15 is 0 Å². The first-order valence-electron chi connectivity index (χ1n) is 9.29. The van der Waals surface area contributed by atoms with Gasteiger partial charge < -0.3 is 10.6 Å². The highest BCUT2D eigenvalue weighted by atomic mass is 32.2. The van der Waals surface area contributed by atoms with E-state index in [0.29, 0.717) is 36.2 Å². The van der Waals surface area contributed by atoms with E-state index in [1.807, 2.05) is 13.8 Å². The summed E-state index contributed by atoms with van der Waals surface area (Å²) in [5.41, 5.74) is 0.206. The van der Waals surface area contributed by atoms with Crippen LogP contribution >= 0.6 is 11.3 Å². The highest BCUT2D eigenvalue weighted by molar-refractivity contribution is 7.91. The molecule has 0 unspecified atom stereocenters. The Bertz CT molecular complexity index is 941. The average molecular weight is 445 g/mol. The number of sulfonamides is 1. The number of hydrogen-bond acceptors (Lipinski definition) is 4. The van der Waals surface area contributed by atoms with Crippen molar-refractivity contribution >= 4 is 27.3 Å². The van der Waals surface area contributed by atoms with E-state index in [4.69, 9.17) is 0 Å². The number of thiophene rings is 1. The van der Waals surface area contributed by atoms with Crippen LogP contribution in [0.25, 0.3) is 0 Å². The van der Waals surface area contributed by atoms with Gasteiger partial charge in [0.15, 0.2) is 5.96 Å². The van der Waals surface area contributed by atoms with E-state index in [2.05, 4.69) is 15.6 Å². The summed E-state index contributed by atoms with van der Waals surface area (Å²) in [4.78, 5) is 4.98. The van der Waals surface area contributed by atoms with Crippen molar-refractivity contribution in [3.8, 4) is 0 Å². The molecule has 0 aliphatic heterocycles. The summed E-state index contributed by atoms with van der Waals surface area (Å²) >= 11 is 1.25. The van der Waals surface area contributed by atoms with Gasteiger partial charge in [-0.2, -0.15) is 4.31 Å². The third-order valence-corrected chi connectivity index (χ3v) is 7.94. The largest absolute Gasteiger partial charge is 0.356 e. The fourth-order valence-electron chi connectivity index (χ4n) is 2.70. The maximum atomic E-state index is 13.7. The number of hydrogen-bond donors (Lipinski definition) is 2. The van der Waals surface area contributed by atoms with Crippen LogP contribution in [0.1, 0.15) is 24.3 Å². The van der Waals surface area contributed by atoms with Gasteiger partial charge in [0.2, 0.25) is 0 Å². The normalized spacial score (nSPS) is 12.4. The lowest BCUT2D eigenvalue weighted by molar-refractivity contribution is 0.447. The zero-order valence-electron chi connectivity index (χ0n) is 16.7. The number of rotatable bonds is 9. The van der Waals surface area contributed by atoms with Crippen LogP contribution in [0, 0.1) is 11.6 Å². The number of halogens is 2. The van der Waals surface area contributed by atoms with Crippen LogP contribution < -0.4 is 10.6 Å². The first kappa shape index (κ1) is 23.2. The number of aliphatic imine (C=N–C) groups is 1. The Morgan fingerprint density at radius 1 is 1.14 bits per heavy atom. The SMILES string of the molecule is CCN(CC)S(=O)(=O)c1ccc(CCNC(=NC)NCc2cc(F)ccc2F)s1. The second-order valence-corrected chi connectivity index (χ2v) is 9.48. The van der Waals surface area contributed by atoms with Gasteiger partial charge in [-0.25, -0.2) is 17.2 Å². The molecule has 10 heteroatoms. The van der Waals surface area contributed by atoms with Gasteiger partial charge in [-0.3, -0.25) is 4.99 Å². The molecule has 0 amide bonds. The van der Waals surface area contributed by atoms with Gasteiger partial charge in [-0.05, 0) is 36.8 Å². The standard InChI is InChI=1S/C19H26F2N4O2S2/c1-4-25(5-2)29(26,27)18-9-7-16(28-18)10-11-23-19(22-3)24-13-14-12-15(20)6-8-17(14)21/h6-9,12H,4-5,10-11,13H2,1-3H3,(H2,22,23,24). The number of guanidine groups is 1. The first-order chi connectivity index (χ1) is 13.8. The van der Waals surface area contributed by atoms with Gasteiger partial charge in [0.05, 0.1) is 0 Å². The lowest BCUT2D eigenvalue weighted by atomic mass is 10.2. The monoisotopic (exact) mass is 444 g/mol. The molecule has 1 aromatic carbocycles. The van der Waals surface area contributed by atoms with Gasteiger partial charge >= 0.3 is 0 Å². The lowest BCUT2D eigenvalue weighted by Gasteiger charge is -2.16. The predicted molar refractivity (Wildman–Crippen MR) is 113 cm³/mol. The number of nitrogens with one attached hydrogen (secondary N) is 2. The van der Waals surface area contributed by atoms with Gasteiger partial charge in [-0.1, -0.05) is 13.8 Å². The van der Waals surface area contributed by atoms with Crippen LogP contribution in [0.4, 0.5) is 8.78 Å². The summed E-state index contributed by atoms with van der Waals surface area (Å²) < 4.78 is 53.8. The summed E-state index contributed by atoms with van der Waals surface area (Å²) in [5, 5.41) is 6.02. The first-order valence-corrected chi connectivity index (χ1v) is 11.5. The van der Waals surface area contributed by atoms with Gasteiger partial charge in [-0.15, -0.1) is 11.3 Å². The molecule has 1 aromatic heterocycles. The Balaban J connectivity index is 1.89. The van der Waals surface area contributed by atoms with Crippen molar-refractivity contribution in [2.45, 2.75) is 31.0 Å². The smallest absolute Gasteiger partial charge is 0.252 e. The van der Waals surface area contributed by atoms with Gasteiger partial charge in [0.1, 0.15) is 15.8 Å². The molecule has 29 heavy (non-hydrogen) atoms. The second-order valence-electron chi connectivity index (χ2n) is 6.15. The fourth-order valence-corrected chi connectivity index (χ4v) is 5.67. The average Bonchev–Trinajstić information content (AvgIpc) is 3.17. The Hall–Kier alpha value is -2.04. The molecule has 0 atom stereocenters. The molecule has 2 N–H and O–H groups in total. The maximum absolute atomic E-state index is 13.7. The van der Waals surface area contributed by atoms with Crippen molar-refractivity contribution in [1.82, 2.24) is 14.9 Å². The molecule has 0 radical (unpaired) electrons. The molecule has 6 nitrogen and oxygen atoms in total. The van der Waals surface area contributed by atoms with Crippen LogP contribution in [0.15, 0.2) is 39.5 Å². The van der Waals surface area contributed by atoms with Crippen molar-refractivity contribution < 1.29 is 17.2 Å². The minimum absolute atomic E-state index is 0.0918. The van der Waals surface area contributed by atoms with E-state index in [-0.39, 0.29) is 12.1 Å². The molecule has 0 bridgehead atoms. The molecule has 2 rings (SSSR count). The van der Waals surface area contributed by atoms with E-state index in [9.17, 15) is 17.2 Å². The molecule has 0 saturated heterocycles. The molecular formula is C19H26F2N4O2S2. The minimum Gasteiger partial charge on any atom is -0.356 e. The highest BCUT2D eigenvalue weighted by Gasteiger charge is 2.23. The summed E-state index contributed by atoms with van der Waals surface area (Å²) in [6, 6.07) is 6.73. The number of benzene rings is 1. The van der Waals surface area contributed by atoms with Crippen LogP contribution in [0.3, 0.4) is 0 Å². The topological polar surface area (TPSA) is 73.8 Å². The fraction of sp³-hybridized carbons (Fsp3) is 0.421. The van der Waals surface area contributed by atoms with Gasteiger partial charge in [0, 0.05) is 43.7 Å². The third kappa shape index (κ3) is 6.22. The quantitative estimate of drug-likeness (QED) is 0.461. The molecular weight excluding hydrogens is 418 g/mol. The summed E-state index contributed by atoms with van der Waals surface area (Å²) in [5.74, 6) is -0.546. The maximum Gasteiger partial charge on any atom is 0.252 e. The summed E-state index contributed by atoms with van der Waals surface area (Å²) in [6.45, 7) is 5.09. The molecule has 160 valence electrons. The van der Waals surface area contributed by atoms with Crippen LogP contribution in [0.2, 0.25) is 0 Å². The van der Waals surface area contributed by atoms with Crippen molar-refractivity contribution in [1.29, 1.82) is 0 Å². The third-order valence-electron chi connectivity index (χ3n) is 4.28. The van der Waals surface area contributed by atoms with E-state index in [1.54, 1.807) is 19.2 Å². The van der Waals surface area contributed by atoms with E-state index < -0.39 is 21.7 Å². The van der Waals surface area contributed by atoms with Crippen molar-refractivity contribution in [2.24, 2.45) is 4.99 Å². The van der Waals surface area contributed by atoms with Crippen LogP contribution in [-0.4, -0.2) is 45.4 Å². The minimum atomic E-state index is -3.44. The Labute approximate surface area is 174 Å². The molecule has 2 aromatic rings. The number of nitrogens with zero attached hydrogens (tertiary/aromatic N) is 2. The second kappa shape index (κ2) is 10.7. The zero-order chi connectivity index (χ0) is 21.4. The summed E-state index contributed by atoms with van der Waals surface area (Å²) in [6.07, 6.45) is 0.605. The molecule has 0 aliphatic rings. The molecule has 0 aliphatic carbocycles. The Morgan fingerprint density at radius 2 is 1.86 bits per heavy atom. The Kier molecular flexibility index (Phi) is 8.54. The molecule has 0 fully saturated rings. The predicted octanol–water partition coefficient (Wildman–Crippen LogP) is 2.96. The van der Waals surface area contributed by atoms with Crippen LogP contribution in [0.5, 0.6) is 0 Å². The molecule has 0 spiro atoms. The van der Waals surface area contributed by atoms with Crippen LogP contribution in [-0.2, 0) is 23.0 Å². The zero-order valence-corrected chi connectivity index (χ0v) is 18.3. The highest BCUT2D eigenvalue weighted by Crippen LogP contribution is 2.25. The van der Waals surface area contributed by atoms with Crippen molar-refractivity contribution in [3.63, 3.8) is 0 Å². The molecule has 1 heterocycles. The molecule has 0 saturated carbocycles. The lowest BCUT2D eigenvalue weighted by Crippen LogP contribution is -2.38. The van der Waals surface area contributed by atoms with Gasteiger partial charge in [0.25, 0.3) is 10.0 Å². The summed E-state index contributed by atoms with van der Waals surface area (Å²) in [7, 11) is -1.86. The van der Waals surface area contributed by atoms with E-state index in [0.717, 1.165) is 23.1 Å².